The zero-order valence-electron chi connectivity index (χ0n) is 14.8. The maximum atomic E-state index is 12.4. The monoisotopic (exact) mass is 356 g/mol. The van der Waals surface area contributed by atoms with Crippen LogP contribution in [0.2, 0.25) is 0 Å². The predicted octanol–water partition coefficient (Wildman–Crippen LogP) is 4.67. The van der Waals surface area contributed by atoms with Gasteiger partial charge in [-0.1, -0.05) is 91.0 Å². The second kappa shape index (κ2) is 7.87. The lowest BCUT2D eigenvalue weighted by atomic mass is 9.85. The first-order chi connectivity index (χ1) is 13.3. The Kier molecular flexibility index (Phi) is 4.97. The Morgan fingerprint density at radius 3 is 1.93 bits per heavy atom. The van der Waals surface area contributed by atoms with E-state index in [9.17, 15) is 4.79 Å². The summed E-state index contributed by atoms with van der Waals surface area (Å²) in [7, 11) is 0. The number of benzene rings is 3. The first kappa shape index (κ1) is 17.0. The molecule has 1 aliphatic rings. The molecule has 0 N–H and O–H groups in total. The standard InChI is InChI=1S/C23H20N2O2/c26-23-25(24-16-18-10-4-1-5-11-18)21(17-27-23)22(19-12-6-2-7-13-19)20-14-8-3-9-15-20/h1-16,21-22H,17H2/b24-16+/t21-/m1/s1. The fourth-order valence-electron chi connectivity index (χ4n) is 3.42. The molecule has 4 nitrogen and oxygen atoms in total. The SMILES string of the molecule is O=C1OC[C@H](C(c2ccccc2)c2ccccc2)N1/N=C/c1ccccc1. The van der Waals surface area contributed by atoms with Crippen molar-refractivity contribution >= 4 is 12.3 Å². The van der Waals surface area contributed by atoms with Gasteiger partial charge in [-0.25, -0.2) is 4.79 Å². The number of amides is 1. The fourth-order valence-corrected chi connectivity index (χ4v) is 3.42. The maximum Gasteiger partial charge on any atom is 0.430 e. The molecule has 4 heteroatoms. The molecule has 3 aromatic carbocycles. The van der Waals surface area contributed by atoms with E-state index in [1.165, 1.54) is 5.01 Å². The summed E-state index contributed by atoms with van der Waals surface area (Å²) in [6, 6.07) is 29.9. The highest BCUT2D eigenvalue weighted by molar-refractivity contribution is 5.81. The van der Waals surface area contributed by atoms with Crippen molar-refractivity contribution in [3.63, 3.8) is 0 Å². The lowest BCUT2D eigenvalue weighted by molar-refractivity contribution is 0.158. The van der Waals surface area contributed by atoms with Crippen LogP contribution in [0.25, 0.3) is 0 Å². The van der Waals surface area contributed by atoms with Gasteiger partial charge in [0.2, 0.25) is 0 Å². The first-order valence-corrected chi connectivity index (χ1v) is 8.98. The van der Waals surface area contributed by atoms with E-state index in [4.69, 9.17) is 4.74 Å². The smallest absolute Gasteiger partial charge is 0.430 e. The van der Waals surface area contributed by atoms with Gasteiger partial charge in [0.1, 0.15) is 12.6 Å². The van der Waals surface area contributed by atoms with E-state index >= 15 is 0 Å². The summed E-state index contributed by atoms with van der Waals surface area (Å²) < 4.78 is 5.36. The van der Waals surface area contributed by atoms with Crippen molar-refractivity contribution in [2.75, 3.05) is 6.61 Å². The normalized spacial score (nSPS) is 16.9. The average molecular weight is 356 g/mol. The van der Waals surface area contributed by atoms with Crippen molar-refractivity contribution in [3.05, 3.63) is 108 Å². The van der Waals surface area contributed by atoms with E-state index in [2.05, 4.69) is 29.4 Å². The molecule has 1 aliphatic heterocycles. The number of hydrogen-bond acceptors (Lipinski definition) is 3. The molecule has 0 aromatic heterocycles. The highest BCUT2D eigenvalue weighted by Crippen LogP contribution is 2.34. The number of carbonyl (C=O) groups excluding carboxylic acids is 1. The third-order valence-electron chi connectivity index (χ3n) is 4.71. The molecule has 0 bridgehead atoms. The van der Waals surface area contributed by atoms with Gasteiger partial charge in [-0.15, -0.1) is 0 Å². The van der Waals surface area contributed by atoms with Gasteiger partial charge in [0.05, 0.1) is 6.21 Å². The van der Waals surface area contributed by atoms with E-state index in [0.29, 0.717) is 6.61 Å². The van der Waals surface area contributed by atoms with Crippen LogP contribution in [0.4, 0.5) is 4.79 Å². The summed E-state index contributed by atoms with van der Waals surface area (Å²) >= 11 is 0. The number of ether oxygens (including phenoxy) is 1. The molecule has 1 atom stereocenters. The molecule has 134 valence electrons. The largest absolute Gasteiger partial charge is 0.446 e. The number of hydrazone groups is 1. The van der Waals surface area contributed by atoms with Crippen LogP contribution in [-0.4, -0.2) is 30.0 Å². The number of carbonyl (C=O) groups is 1. The van der Waals surface area contributed by atoms with Gasteiger partial charge in [-0.05, 0) is 16.7 Å². The fraction of sp³-hybridized carbons (Fsp3) is 0.130. The van der Waals surface area contributed by atoms with Crippen LogP contribution < -0.4 is 0 Å². The van der Waals surface area contributed by atoms with Crippen molar-refractivity contribution < 1.29 is 9.53 Å². The summed E-state index contributed by atoms with van der Waals surface area (Å²) in [5.41, 5.74) is 3.20. The van der Waals surface area contributed by atoms with E-state index in [-0.39, 0.29) is 12.0 Å². The Bertz CT molecular complexity index is 871. The lowest BCUT2D eigenvalue weighted by Crippen LogP contribution is -2.35. The van der Waals surface area contributed by atoms with Crippen LogP contribution >= 0.6 is 0 Å². The molecule has 3 aromatic rings. The average Bonchev–Trinajstić information content (AvgIpc) is 3.09. The number of hydrogen-bond donors (Lipinski definition) is 0. The molecule has 1 saturated heterocycles. The quantitative estimate of drug-likeness (QED) is 0.623. The molecule has 0 unspecified atom stereocenters. The molecule has 1 amide bonds. The van der Waals surface area contributed by atoms with E-state index in [1.54, 1.807) is 6.21 Å². The first-order valence-electron chi connectivity index (χ1n) is 8.98. The molecule has 0 spiro atoms. The summed E-state index contributed by atoms with van der Waals surface area (Å²) in [5.74, 6) is -0.0215. The summed E-state index contributed by atoms with van der Waals surface area (Å²) in [6.45, 7) is 0.305. The van der Waals surface area contributed by atoms with Gasteiger partial charge in [-0.3, -0.25) is 0 Å². The van der Waals surface area contributed by atoms with Crippen molar-refractivity contribution in [1.29, 1.82) is 0 Å². The minimum atomic E-state index is -0.413. The van der Waals surface area contributed by atoms with Crippen LogP contribution in [-0.2, 0) is 4.74 Å². The molecule has 0 saturated carbocycles. The molecule has 27 heavy (non-hydrogen) atoms. The van der Waals surface area contributed by atoms with Crippen molar-refractivity contribution in [1.82, 2.24) is 5.01 Å². The van der Waals surface area contributed by atoms with Gasteiger partial charge >= 0.3 is 6.09 Å². The summed E-state index contributed by atoms with van der Waals surface area (Å²) in [5, 5.41) is 5.93. The Labute approximate surface area is 158 Å². The Morgan fingerprint density at radius 2 is 1.37 bits per heavy atom. The van der Waals surface area contributed by atoms with Crippen LogP contribution in [0.15, 0.2) is 96.1 Å². The Balaban J connectivity index is 1.70. The highest BCUT2D eigenvalue weighted by Gasteiger charge is 2.40. The zero-order chi connectivity index (χ0) is 18.5. The molecule has 1 fully saturated rings. The number of nitrogens with zero attached hydrogens (tertiary/aromatic N) is 2. The second-order valence-electron chi connectivity index (χ2n) is 6.44. The van der Waals surface area contributed by atoms with E-state index < -0.39 is 6.09 Å². The van der Waals surface area contributed by atoms with Gasteiger partial charge in [0.25, 0.3) is 0 Å². The van der Waals surface area contributed by atoms with Crippen molar-refractivity contribution in [2.45, 2.75) is 12.0 Å². The van der Waals surface area contributed by atoms with Crippen molar-refractivity contribution in [2.24, 2.45) is 5.10 Å². The molecule has 4 rings (SSSR count). The lowest BCUT2D eigenvalue weighted by Gasteiger charge is -2.27. The number of rotatable bonds is 5. The third-order valence-corrected chi connectivity index (χ3v) is 4.71. The van der Waals surface area contributed by atoms with Crippen LogP contribution in [0.5, 0.6) is 0 Å². The molecular formula is C23H20N2O2. The number of cyclic esters (lactones) is 1. The minimum Gasteiger partial charge on any atom is -0.446 e. The van der Waals surface area contributed by atoms with Gasteiger partial charge < -0.3 is 4.74 Å². The summed E-state index contributed by atoms with van der Waals surface area (Å²) in [6.07, 6.45) is 1.29. The van der Waals surface area contributed by atoms with Gasteiger partial charge in [0, 0.05) is 5.92 Å². The van der Waals surface area contributed by atoms with Crippen molar-refractivity contribution in [3.8, 4) is 0 Å². The predicted molar refractivity (Wildman–Crippen MR) is 106 cm³/mol. The van der Waals surface area contributed by atoms with Crippen LogP contribution in [0.1, 0.15) is 22.6 Å². The maximum absolute atomic E-state index is 12.4. The summed E-state index contributed by atoms with van der Waals surface area (Å²) in [4.78, 5) is 12.4. The Morgan fingerprint density at radius 1 is 0.852 bits per heavy atom. The third kappa shape index (κ3) is 3.75. The Hall–Kier alpha value is -3.40. The molecule has 0 radical (unpaired) electrons. The topological polar surface area (TPSA) is 41.9 Å². The van der Waals surface area contributed by atoms with Crippen LogP contribution in [0.3, 0.4) is 0 Å². The highest BCUT2D eigenvalue weighted by atomic mass is 16.6. The van der Waals surface area contributed by atoms with Gasteiger partial charge in [-0.2, -0.15) is 10.1 Å². The second-order valence-corrected chi connectivity index (χ2v) is 6.44. The zero-order valence-corrected chi connectivity index (χ0v) is 14.8. The molecule has 1 heterocycles. The van der Waals surface area contributed by atoms with Gasteiger partial charge in [0.15, 0.2) is 0 Å². The molecular weight excluding hydrogens is 336 g/mol. The minimum absolute atomic E-state index is 0.0215. The van der Waals surface area contributed by atoms with Crippen LogP contribution in [0, 0.1) is 0 Å². The molecule has 0 aliphatic carbocycles. The van der Waals surface area contributed by atoms with E-state index in [0.717, 1.165) is 16.7 Å². The van der Waals surface area contributed by atoms with E-state index in [1.807, 2.05) is 66.7 Å².